The fourth-order valence-corrected chi connectivity index (χ4v) is 4.13. The SMILES string of the molecule is NC(=O)c1ccc(OCc2ccccc2)cc1OC1CCN(C(=O)Cc2ccc(OC(F)(F)F)cc2)CC1. The van der Waals surface area contributed by atoms with E-state index in [9.17, 15) is 22.8 Å². The van der Waals surface area contributed by atoms with Gasteiger partial charge in [0.25, 0.3) is 5.91 Å². The van der Waals surface area contributed by atoms with Crippen LogP contribution < -0.4 is 19.9 Å². The van der Waals surface area contributed by atoms with Gasteiger partial charge in [0.05, 0.1) is 12.0 Å². The molecule has 200 valence electrons. The fraction of sp³-hybridized carbons (Fsp3) is 0.286. The molecule has 1 heterocycles. The number of carbonyl (C=O) groups excluding carboxylic acids is 2. The Labute approximate surface area is 217 Å². The lowest BCUT2D eigenvalue weighted by Gasteiger charge is -2.32. The number of likely N-dealkylation sites (tertiary alicyclic amines) is 1. The average Bonchev–Trinajstić information content (AvgIpc) is 2.89. The number of amides is 2. The quantitative estimate of drug-likeness (QED) is 0.428. The topological polar surface area (TPSA) is 91.1 Å². The van der Waals surface area contributed by atoms with Crippen LogP contribution in [0.25, 0.3) is 0 Å². The van der Waals surface area contributed by atoms with E-state index >= 15 is 0 Å². The van der Waals surface area contributed by atoms with Gasteiger partial charge in [-0.1, -0.05) is 42.5 Å². The van der Waals surface area contributed by atoms with Crippen molar-refractivity contribution in [3.8, 4) is 17.2 Å². The second-order valence-electron chi connectivity index (χ2n) is 8.86. The maximum Gasteiger partial charge on any atom is 0.573 e. The summed E-state index contributed by atoms with van der Waals surface area (Å²) in [4.78, 5) is 26.4. The maximum atomic E-state index is 12.7. The van der Waals surface area contributed by atoms with Crippen molar-refractivity contribution >= 4 is 11.8 Å². The van der Waals surface area contributed by atoms with Gasteiger partial charge < -0.3 is 24.8 Å². The van der Waals surface area contributed by atoms with Gasteiger partial charge in [-0.15, -0.1) is 13.2 Å². The number of ether oxygens (including phenoxy) is 3. The molecule has 0 saturated carbocycles. The van der Waals surface area contributed by atoms with Crippen LogP contribution in [0.4, 0.5) is 13.2 Å². The molecule has 3 aromatic rings. The first-order valence-electron chi connectivity index (χ1n) is 12.1. The number of nitrogens with zero attached hydrogens (tertiary/aromatic N) is 1. The lowest BCUT2D eigenvalue weighted by atomic mass is 10.1. The number of primary amides is 1. The van der Waals surface area contributed by atoms with E-state index in [4.69, 9.17) is 15.2 Å². The van der Waals surface area contributed by atoms with Gasteiger partial charge >= 0.3 is 6.36 Å². The van der Waals surface area contributed by atoms with Crippen LogP contribution in [-0.2, 0) is 17.8 Å². The van der Waals surface area contributed by atoms with Gasteiger partial charge in [0, 0.05) is 32.0 Å². The summed E-state index contributed by atoms with van der Waals surface area (Å²) in [6.45, 7) is 1.23. The molecule has 1 aliphatic heterocycles. The van der Waals surface area contributed by atoms with Gasteiger partial charge in [0.2, 0.25) is 5.91 Å². The molecule has 0 unspecified atom stereocenters. The fourth-order valence-electron chi connectivity index (χ4n) is 4.13. The Bertz CT molecular complexity index is 1240. The molecule has 10 heteroatoms. The summed E-state index contributed by atoms with van der Waals surface area (Å²) in [6.07, 6.45) is -3.86. The summed E-state index contributed by atoms with van der Waals surface area (Å²) in [6, 6.07) is 19.8. The Morgan fingerprint density at radius 3 is 2.18 bits per heavy atom. The summed E-state index contributed by atoms with van der Waals surface area (Å²) < 4.78 is 52.8. The molecule has 7 nitrogen and oxygen atoms in total. The van der Waals surface area contributed by atoms with E-state index in [-0.39, 0.29) is 29.7 Å². The van der Waals surface area contributed by atoms with Crippen LogP contribution in [0.1, 0.15) is 34.3 Å². The van der Waals surface area contributed by atoms with Crippen LogP contribution >= 0.6 is 0 Å². The molecule has 0 aliphatic carbocycles. The number of hydrogen-bond donors (Lipinski definition) is 1. The number of rotatable bonds is 9. The smallest absolute Gasteiger partial charge is 0.489 e. The highest BCUT2D eigenvalue weighted by Gasteiger charge is 2.31. The average molecular weight is 529 g/mol. The van der Waals surface area contributed by atoms with E-state index in [1.807, 2.05) is 30.3 Å². The first-order valence-corrected chi connectivity index (χ1v) is 12.1. The molecule has 3 aromatic carbocycles. The Kier molecular flexibility index (Phi) is 8.40. The summed E-state index contributed by atoms with van der Waals surface area (Å²) in [5.74, 6) is -0.227. The largest absolute Gasteiger partial charge is 0.573 e. The number of halogens is 3. The molecule has 0 bridgehead atoms. The predicted molar refractivity (Wildman–Crippen MR) is 133 cm³/mol. The van der Waals surface area contributed by atoms with Crippen molar-refractivity contribution in [3.05, 3.63) is 89.5 Å². The molecular weight excluding hydrogens is 501 g/mol. The van der Waals surface area contributed by atoms with E-state index in [0.29, 0.717) is 49.6 Å². The van der Waals surface area contributed by atoms with Crippen molar-refractivity contribution in [1.29, 1.82) is 0 Å². The number of carbonyl (C=O) groups is 2. The van der Waals surface area contributed by atoms with Crippen LogP contribution in [0.2, 0.25) is 0 Å². The molecule has 2 N–H and O–H groups in total. The van der Waals surface area contributed by atoms with E-state index < -0.39 is 12.3 Å². The highest BCUT2D eigenvalue weighted by atomic mass is 19.4. The molecule has 0 radical (unpaired) electrons. The lowest BCUT2D eigenvalue weighted by molar-refractivity contribution is -0.274. The molecular formula is C28H27F3N2O5. The molecule has 1 saturated heterocycles. The van der Waals surface area contributed by atoms with Gasteiger partial charge in [-0.3, -0.25) is 9.59 Å². The van der Waals surface area contributed by atoms with Crippen molar-refractivity contribution < 1.29 is 37.0 Å². The van der Waals surface area contributed by atoms with Crippen molar-refractivity contribution in [1.82, 2.24) is 4.90 Å². The summed E-state index contributed by atoms with van der Waals surface area (Å²) >= 11 is 0. The molecule has 2 amide bonds. The Hall–Kier alpha value is -4.21. The number of hydrogen-bond acceptors (Lipinski definition) is 5. The van der Waals surface area contributed by atoms with Gasteiger partial charge in [-0.25, -0.2) is 0 Å². The van der Waals surface area contributed by atoms with E-state index in [1.54, 1.807) is 23.1 Å². The Morgan fingerprint density at radius 2 is 1.55 bits per heavy atom. The zero-order valence-corrected chi connectivity index (χ0v) is 20.4. The molecule has 1 aliphatic rings. The molecule has 0 spiro atoms. The van der Waals surface area contributed by atoms with Crippen molar-refractivity contribution in [2.45, 2.75) is 38.3 Å². The normalized spacial score (nSPS) is 14.1. The second-order valence-corrected chi connectivity index (χ2v) is 8.86. The molecule has 4 rings (SSSR count). The van der Waals surface area contributed by atoms with Gasteiger partial charge in [-0.05, 0) is 35.4 Å². The van der Waals surface area contributed by atoms with Crippen molar-refractivity contribution in [3.63, 3.8) is 0 Å². The third kappa shape index (κ3) is 7.64. The second kappa shape index (κ2) is 11.9. The highest BCUT2D eigenvalue weighted by molar-refractivity contribution is 5.95. The van der Waals surface area contributed by atoms with Crippen LogP contribution in [0.5, 0.6) is 17.2 Å². The monoisotopic (exact) mass is 528 g/mol. The first kappa shape index (κ1) is 26.8. The number of piperidine rings is 1. The minimum atomic E-state index is -4.77. The first-order chi connectivity index (χ1) is 18.2. The number of alkyl halides is 3. The standard InChI is InChI=1S/C28H27F3N2O5/c29-28(30,31)38-22-8-6-19(7-9-22)16-26(34)33-14-12-21(13-15-33)37-25-17-23(10-11-24(25)27(32)35)36-18-20-4-2-1-3-5-20/h1-11,17,21H,12-16,18H2,(H2,32,35). The van der Waals surface area contributed by atoms with Crippen LogP contribution in [0, 0.1) is 0 Å². The zero-order chi connectivity index (χ0) is 27.1. The molecule has 1 fully saturated rings. The van der Waals surface area contributed by atoms with Crippen LogP contribution in [0.15, 0.2) is 72.8 Å². The summed E-state index contributed by atoms with van der Waals surface area (Å²) in [5, 5.41) is 0. The van der Waals surface area contributed by atoms with Crippen molar-refractivity contribution in [2.24, 2.45) is 5.73 Å². The Balaban J connectivity index is 1.31. The number of nitrogens with two attached hydrogens (primary N) is 1. The van der Waals surface area contributed by atoms with Crippen LogP contribution in [-0.4, -0.2) is 42.3 Å². The van der Waals surface area contributed by atoms with Gasteiger partial charge in [-0.2, -0.15) is 0 Å². The third-order valence-electron chi connectivity index (χ3n) is 6.07. The molecule has 0 atom stereocenters. The Morgan fingerprint density at radius 1 is 0.895 bits per heavy atom. The van der Waals surface area contributed by atoms with Crippen LogP contribution in [0.3, 0.4) is 0 Å². The minimum Gasteiger partial charge on any atom is -0.489 e. The van der Waals surface area contributed by atoms with E-state index in [0.717, 1.165) is 5.56 Å². The van der Waals surface area contributed by atoms with Crippen molar-refractivity contribution in [2.75, 3.05) is 13.1 Å². The minimum absolute atomic E-state index is 0.0600. The molecule has 38 heavy (non-hydrogen) atoms. The maximum absolute atomic E-state index is 12.7. The third-order valence-corrected chi connectivity index (χ3v) is 6.07. The van der Waals surface area contributed by atoms with E-state index in [1.165, 1.54) is 24.3 Å². The molecule has 0 aromatic heterocycles. The van der Waals surface area contributed by atoms with Gasteiger partial charge in [0.1, 0.15) is 30.0 Å². The summed E-state index contributed by atoms with van der Waals surface area (Å²) in [5.41, 5.74) is 7.36. The van der Waals surface area contributed by atoms with E-state index in [2.05, 4.69) is 4.74 Å². The predicted octanol–water partition coefficient (Wildman–Crippen LogP) is 4.88. The highest BCUT2D eigenvalue weighted by Crippen LogP contribution is 2.29. The number of benzene rings is 3. The summed E-state index contributed by atoms with van der Waals surface area (Å²) in [7, 11) is 0. The van der Waals surface area contributed by atoms with Gasteiger partial charge in [0.15, 0.2) is 0 Å². The zero-order valence-electron chi connectivity index (χ0n) is 20.4. The lowest BCUT2D eigenvalue weighted by Crippen LogP contribution is -2.42.